The van der Waals surface area contributed by atoms with Gasteiger partial charge in [-0.1, -0.05) is 66.2 Å². The average Bonchev–Trinajstić information content (AvgIpc) is 2.69. The summed E-state index contributed by atoms with van der Waals surface area (Å²) in [6.07, 6.45) is 0. The van der Waals surface area contributed by atoms with E-state index in [4.69, 9.17) is 11.6 Å². The SMILES string of the molecule is O=C(Nc1ccccc1)c1c(Cl)nc2ccccc2c1Nc1ccccc1. The van der Waals surface area contributed by atoms with E-state index in [-0.39, 0.29) is 11.1 Å². The monoisotopic (exact) mass is 373 g/mol. The van der Waals surface area contributed by atoms with Crippen LogP contribution in [0.1, 0.15) is 10.4 Å². The molecule has 0 spiro atoms. The highest BCUT2D eigenvalue weighted by molar-refractivity contribution is 6.35. The van der Waals surface area contributed by atoms with Gasteiger partial charge in [0.15, 0.2) is 0 Å². The topological polar surface area (TPSA) is 54.0 Å². The van der Waals surface area contributed by atoms with Crippen molar-refractivity contribution in [3.8, 4) is 0 Å². The van der Waals surface area contributed by atoms with Crippen LogP contribution >= 0.6 is 11.6 Å². The van der Waals surface area contributed by atoms with Gasteiger partial charge in [0, 0.05) is 16.8 Å². The third-order valence-electron chi connectivity index (χ3n) is 4.15. The zero-order valence-electron chi connectivity index (χ0n) is 14.3. The fraction of sp³-hybridized carbons (Fsp3) is 0. The van der Waals surface area contributed by atoms with E-state index in [9.17, 15) is 4.79 Å². The summed E-state index contributed by atoms with van der Waals surface area (Å²) in [5, 5.41) is 7.20. The van der Waals surface area contributed by atoms with E-state index in [0.717, 1.165) is 16.6 Å². The number of hydrogen-bond donors (Lipinski definition) is 2. The second kappa shape index (κ2) is 7.48. The van der Waals surface area contributed by atoms with Crippen molar-refractivity contribution in [3.63, 3.8) is 0 Å². The molecule has 1 amide bonds. The minimum absolute atomic E-state index is 0.153. The highest BCUT2D eigenvalue weighted by atomic mass is 35.5. The quantitative estimate of drug-likeness (QED) is 0.439. The summed E-state index contributed by atoms with van der Waals surface area (Å²) >= 11 is 6.42. The summed E-state index contributed by atoms with van der Waals surface area (Å²) in [6, 6.07) is 26.5. The number of nitrogens with zero attached hydrogens (tertiary/aromatic N) is 1. The molecule has 0 aliphatic carbocycles. The largest absolute Gasteiger partial charge is 0.354 e. The minimum Gasteiger partial charge on any atom is -0.354 e. The smallest absolute Gasteiger partial charge is 0.260 e. The summed E-state index contributed by atoms with van der Waals surface area (Å²) < 4.78 is 0. The second-order valence-corrected chi connectivity index (χ2v) is 6.34. The predicted molar refractivity (Wildman–Crippen MR) is 111 cm³/mol. The van der Waals surface area contributed by atoms with Gasteiger partial charge in [-0.15, -0.1) is 0 Å². The maximum Gasteiger partial charge on any atom is 0.260 e. The van der Waals surface area contributed by atoms with Gasteiger partial charge in [0.1, 0.15) is 10.7 Å². The van der Waals surface area contributed by atoms with E-state index < -0.39 is 0 Å². The molecule has 4 nitrogen and oxygen atoms in total. The van der Waals surface area contributed by atoms with Crippen molar-refractivity contribution < 1.29 is 4.79 Å². The summed E-state index contributed by atoms with van der Waals surface area (Å²) in [5.74, 6) is -0.317. The van der Waals surface area contributed by atoms with Crippen molar-refractivity contribution in [2.24, 2.45) is 0 Å². The molecule has 5 heteroatoms. The molecule has 1 aromatic heterocycles. The van der Waals surface area contributed by atoms with Crippen LogP contribution in [-0.2, 0) is 0 Å². The lowest BCUT2D eigenvalue weighted by Gasteiger charge is -2.16. The highest BCUT2D eigenvalue weighted by Crippen LogP contribution is 2.34. The molecule has 4 aromatic rings. The van der Waals surface area contributed by atoms with E-state index >= 15 is 0 Å². The molecule has 4 rings (SSSR count). The summed E-state index contributed by atoms with van der Waals surface area (Å²) in [7, 11) is 0. The van der Waals surface area contributed by atoms with Crippen molar-refractivity contribution in [1.29, 1.82) is 0 Å². The lowest BCUT2D eigenvalue weighted by atomic mass is 10.1. The molecule has 0 fully saturated rings. The van der Waals surface area contributed by atoms with Gasteiger partial charge in [0.25, 0.3) is 5.91 Å². The highest BCUT2D eigenvalue weighted by Gasteiger charge is 2.20. The molecule has 0 atom stereocenters. The zero-order valence-corrected chi connectivity index (χ0v) is 15.1. The summed E-state index contributed by atoms with van der Waals surface area (Å²) in [4.78, 5) is 17.4. The van der Waals surface area contributed by atoms with Crippen molar-refractivity contribution in [1.82, 2.24) is 4.98 Å². The summed E-state index contributed by atoms with van der Waals surface area (Å²) in [6.45, 7) is 0. The Morgan fingerprint density at radius 1 is 0.778 bits per heavy atom. The molecule has 0 bridgehead atoms. The maximum atomic E-state index is 13.0. The van der Waals surface area contributed by atoms with Gasteiger partial charge in [-0.05, 0) is 30.3 Å². The van der Waals surface area contributed by atoms with Crippen LogP contribution in [0.3, 0.4) is 0 Å². The van der Waals surface area contributed by atoms with Gasteiger partial charge in [0.05, 0.1) is 11.2 Å². The van der Waals surface area contributed by atoms with Crippen molar-refractivity contribution in [3.05, 3.63) is 95.6 Å². The Labute approximate surface area is 161 Å². The zero-order chi connectivity index (χ0) is 18.6. The van der Waals surface area contributed by atoms with E-state index in [0.29, 0.717) is 16.9 Å². The number of pyridine rings is 1. The molecular weight excluding hydrogens is 358 g/mol. The van der Waals surface area contributed by atoms with Gasteiger partial charge in [-0.2, -0.15) is 0 Å². The lowest BCUT2D eigenvalue weighted by Crippen LogP contribution is -2.15. The Morgan fingerprint density at radius 2 is 1.37 bits per heavy atom. The number of fused-ring (bicyclic) bond motifs is 1. The molecule has 0 saturated heterocycles. The molecule has 0 saturated carbocycles. The van der Waals surface area contributed by atoms with Crippen LogP contribution in [0.25, 0.3) is 10.9 Å². The van der Waals surface area contributed by atoms with Crippen LogP contribution in [0, 0.1) is 0 Å². The van der Waals surface area contributed by atoms with Gasteiger partial charge in [-0.3, -0.25) is 4.79 Å². The number of anilines is 3. The molecule has 0 unspecified atom stereocenters. The first-order valence-corrected chi connectivity index (χ1v) is 8.87. The van der Waals surface area contributed by atoms with Gasteiger partial charge >= 0.3 is 0 Å². The molecule has 0 aliphatic rings. The number of para-hydroxylation sites is 3. The van der Waals surface area contributed by atoms with Crippen LogP contribution in [0.15, 0.2) is 84.9 Å². The van der Waals surface area contributed by atoms with E-state index in [1.54, 1.807) is 0 Å². The van der Waals surface area contributed by atoms with Crippen molar-refractivity contribution in [2.45, 2.75) is 0 Å². The third kappa shape index (κ3) is 3.61. The lowest BCUT2D eigenvalue weighted by molar-refractivity contribution is 0.102. The van der Waals surface area contributed by atoms with Crippen molar-refractivity contribution >= 4 is 45.5 Å². The predicted octanol–water partition coefficient (Wildman–Crippen LogP) is 5.88. The molecule has 0 aliphatic heterocycles. The number of amides is 1. The Kier molecular flexibility index (Phi) is 4.73. The molecule has 132 valence electrons. The number of nitrogens with one attached hydrogen (secondary N) is 2. The Bertz CT molecular complexity index is 1100. The fourth-order valence-electron chi connectivity index (χ4n) is 2.90. The summed E-state index contributed by atoms with van der Waals surface area (Å²) in [5.41, 5.74) is 3.21. The molecule has 27 heavy (non-hydrogen) atoms. The number of aromatic nitrogens is 1. The Hall–Kier alpha value is -3.37. The molecule has 3 aromatic carbocycles. The molecule has 1 heterocycles. The fourth-order valence-corrected chi connectivity index (χ4v) is 3.17. The van der Waals surface area contributed by atoms with Crippen molar-refractivity contribution in [2.75, 3.05) is 10.6 Å². The van der Waals surface area contributed by atoms with E-state index in [1.807, 2.05) is 84.9 Å². The van der Waals surface area contributed by atoms with Crippen LogP contribution in [0.2, 0.25) is 5.15 Å². The van der Waals surface area contributed by atoms with Gasteiger partial charge in [0.2, 0.25) is 0 Å². The number of hydrogen-bond acceptors (Lipinski definition) is 3. The van der Waals surface area contributed by atoms with E-state index in [1.165, 1.54) is 0 Å². The first kappa shape index (κ1) is 17.1. The first-order chi connectivity index (χ1) is 13.2. The number of rotatable bonds is 4. The van der Waals surface area contributed by atoms with Gasteiger partial charge in [-0.25, -0.2) is 4.98 Å². The first-order valence-electron chi connectivity index (χ1n) is 8.49. The second-order valence-electron chi connectivity index (χ2n) is 5.98. The Balaban J connectivity index is 1.84. The van der Waals surface area contributed by atoms with Crippen LogP contribution in [0.4, 0.5) is 17.1 Å². The Morgan fingerprint density at radius 3 is 2.07 bits per heavy atom. The van der Waals surface area contributed by atoms with Crippen LogP contribution < -0.4 is 10.6 Å². The van der Waals surface area contributed by atoms with Crippen LogP contribution in [-0.4, -0.2) is 10.9 Å². The van der Waals surface area contributed by atoms with Crippen LogP contribution in [0.5, 0.6) is 0 Å². The molecular formula is C22H16ClN3O. The van der Waals surface area contributed by atoms with E-state index in [2.05, 4.69) is 15.6 Å². The number of benzene rings is 3. The molecule has 2 N–H and O–H groups in total. The number of halogens is 1. The number of carbonyl (C=O) groups is 1. The third-order valence-corrected chi connectivity index (χ3v) is 4.42. The van der Waals surface area contributed by atoms with Gasteiger partial charge < -0.3 is 10.6 Å². The number of carbonyl (C=O) groups excluding carboxylic acids is 1. The minimum atomic E-state index is -0.317. The normalized spacial score (nSPS) is 10.6. The molecule has 0 radical (unpaired) electrons. The average molecular weight is 374 g/mol. The maximum absolute atomic E-state index is 13.0. The standard InChI is InChI=1S/C22H16ClN3O/c23-21-19(22(27)25-16-11-5-2-6-12-16)20(24-15-9-3-1-4-10-15)17-13-7-8-14-18(17)26-21/h1-14H,(H,24,26)(H,25,27).